The number of rotatable bonds is 8. The van der Waals surface area contributed by atoms with Crippen molar-refractivity contribution in [3.8, 4) is 0 Å². The average Bonchev–Trinajstić information content (AvgIpc) is 2.68. The monoisotopic (exact) mass is 396 g/mol. The van der Waals surface area contributed by atoms with Crippen LogP contribution in [-0.4, -0.2) is 36.2 Å². The molecule has 1 aliphatic rings. The third-order valence-corrected chi connectivity index (χ3v) is 6.28. The van der Waals surface area contributed by atoms with E-state index in [1.54, 1.807) is 0 Å². The summed E-state index contributed by atoms with van der Waals surface area (Å²) < 4.78 is 0. The van der Waals surface area contributed by atoms with Gasteiger partial charge in [0, 0.05) is 36.7 Å². The molecule has 3 nitrogen and oxygen atoms in total. The SMILES string of the molecule is Cc1cccc(CSCCNC(=O)c2ccc(CN3CCC[C@@H](C)C3)cc2)c1. The molecule has 3 rings (SSSR count). The second kappa shape index (κ2) is 10.7. The largest absolute Gasteiger partial charge is 0.351 e. The van der Waals surface area contributed by atoms with Crippen LogP contribution in [0.4, 0.5) is 0 Å². The van der Waals surface area contributed by atoms with Gasteiger partial charge < -0.3 is 5.32 Å². The van der Waals surface area contributed by atoms with E-state index in [2.05, 4.69) is 60.5 Å². The van der Waals surface area contributed by atoms with E-state index in [-0.39, 0.29) is 5.91 Å². The molecule has 0 aliphatic carbocycles. The fourth-order valence-electron chi connectivity index (χ4n) is 3.78. The van der Waals surface area contributed by atoms with Gasteiger partial charge in [0.25, 0.3) is 5.91 Å². The third-order valence-electron chi connectivity index (χ3n) is 5.25. The van der Waals surface area contributed by atoms with Gasteiger partial charge in [-0.1, -0.05) is 48.9 Å². The van der Waals surface area contributed by atoms with Crippen LogP contribution in [-0.2, 0) is 12.3 Å². The predicted molar refractivity (Wildman–Crippen MR) is 120 cm³/mol. The normalized spacial score (nSPS) is 17.4. The molecule has 1 heterocycles. The highest BCUT2D eigenvalue weighted by Gasteiger charge is 2.16. The molecular formula is C24H32N2OS. The lowest BCUT2D eigenvalue weighted by atomic mass is 9.99. The van der Waals surface area contributed by atoms with Gasteiger partial charge in [-0.2, -0.15) is 11.8 Å². The van der Waals surface area contributed by atoms with Crippen molar-refractivity contribution in [2.75, 3.05) is 25.4 Å². The number of nitrogens with zero attached hydrogens (tertiary/aromatic N) is 1. The molecule has 0 bridgehead atoms. The zero-order chi connectivity index (χ0) is 19.8. The van der Waals surface area contributed by atoms with E-state index in [9.17, 15) is 4.79 Å². The van der Waals surface area contributed by atoms with Crippen molar-refractivity contribution < 1.29 is 4.79 Å². The lowest BCUT2D eigenvalue weighted by molar-refractivity contribution is 0.0956. The van der Waals surface area contributed by atoms with Gasteiger partial charge in [-0.15, -0.1) is 0 Å². The maximum Gasteiger partial charge on any atom is 0.251 e. The first kappa shape index (κ1) is 20.9. The standard InChI is InChI=1S/C24H32N2OS/c1-19-5-3-7-22(15-19)18-28-14-12-25-24(27)23-10-8-21(9-11-23)17-26-13-4-6-20(2)16-26/h3,5,7-11,15,20H,4,6,12-14,16-18H2,1-2H3,(H,25,27)/t20-/m1/s1. The van der Waals surface area contributed by atoms with E-state index in [0.717, 1.165) is 29.5 Å². The van der Waals surface area contributed by atoms with Crippen molar-refractivity contribution in [3.05, 3.63) is 70.8 Å². The summed E-state index contributed by atoms with van der Waals surface area (Å²) >= 11 is 1.85. The van der Waals surface area contributed by atoms with Crippen molar-refractivity contribution >= 4 is 17.7 Å². The maximum atomic E-state index is 12.3. The number of hydrogen-bond donors (Lipinski definition) is 1. The molecule has 0 saturated carbocycles. The molecule has 1 saturated heterocycles. The molecule has 0 radical (unpaired) electrons. The Morgan fingerprint density at radius 1 is 1.18 bits per heavy atom. The minimum Gasteiger partial charge on any atom is -0.351 e. The van der Waals surface area contributed by atoms with Gasteiger partial charge in [0.05, 0.1) is 0 Å². The molecule has 150 valence electrons. The topological polar surface area (TPSA) is 32.3 Å². The Hall–Kier alpha value is -1.78. The van der Waals surface area contributed by atoms with Gasteiger partial charge in [-0.25, -0.2) is 0 Å². The summed E-state index contributed by atoms with van der Waals surface area (Å²) in [5.41, 5.74) is 4.68. The van der Waals surface area contributed by atoms with Crippen LogP contribution in [0.15, 0.2) is 48.5 Å². The molecular weight excluding hydrogens is 364 g/mol. The van der Waals surface area contributed by atoms with Crippen LogP contribution in [0.2, 0.25) is 0 Å². The molecule has 0 spiro atoms. The van der Waals surface area contributed by atoms with E-state index in [1.165, 1.54) is 42.6 Å². The van der Waals surface area contributed by atoms with Crippen LogP contribution in [0.5, 0.6) is 0 Å². The van der Waals surface area contributed by atoms with Crippen molar-refractivity contribution in [2.45, 2.75) is 39.0 Å². The van der Waals surface area contributed by atoms with E-state index in [1.807, 2.05) is 23.9 Å². The fraction of sp³-hybridized carbons (Fsp3) is 0.458. The number of carbonyl (C=O) groups excluding carboxylic acids is 1. The number of piperidine rings is 1. The van der Waals surface area contributed by atoms with Crippen LogP contribution in [0.3, 0.4) is 0 Å². The van der Waals surface area contributed by atoms with Crippen LogP contribution in [0.25, 0.3) is 0 Å². The minimum absolute atomic E-state index is 0.0225. The van der Waals surface area contributed by atoms with Gasteiger partial charge in [-0.05, 0) is 55.5 Å². The third kappa shape index (κ3) is 6.68. The molecule has 4 heteroatoms. The summed E-state index contributed by atoms with van der Waals surface area (Å²) in [5, 5.41) is 3.03. The van der Waals surface area contributed by atoms with Crippen molar-refractivity contribution in [3.63, 3.8) is 0 Å². The number of aryl methyl sites for hydroxylation is 1. The highest BCUT2D eigenvalue weighted by atomic mass is 32.2. The minimum atomic E-state index is 0.0225. The molecule has 0 aromatic heterocycles. The summed E-state index contributed by atoms with van der Waals surface area (Å²) in [6, 6.07) is 16.7. The van der Waals surface area contributed by atoms with Crippen LogP contribution in [0.1, 0.15) is 46.8 Å². The summed E-state index contributed by atoms with van der Waals surface area (Å²) in [7, 11) is 0. The van der Waals surface area contributed by atoms with E-state index >= 15 is 0 Å². The van der Waals surface area contributed by atoms with Gasteiger partial charge in [0.2, 0.25) is 0 Å². The molecule has 1 atom stereocenters. The zero-order valence-corrected chi connectivity index (χ0v) is 17.9. The Labute approximate surface area is 173 Å². The predicted octanol–water partition coefficient (Wildman–Crippen LogP) is 4.89. The van der Waals surface area contributed by atoms with Crippen molar-refractivity contribution in [1.29, 1.82) is 0 Å². The van der Waals surface area contributed by atoms with Crippen LogP contribution >= 0.6 is 11.8 Å². The molecule has 1 aliphatic heterocycles. The summed E-state index contributed by atoms with van der Waals surface area (Å²) in [6.07, 6.45) is 2.64. The fourth-order valence-corrected chi connectivity index (χ4v) is 4.59. The first-order valence-corrected chi connectivity index (χ1v) is 11.5. The first-order chi connectivity index (χ1) is 13.6. The molecule has 28 heavy (non-hydrogen) atoms. The maximum absolute atomic E-state index is 12.3. The Balaban J connectivity index is 1.37. The summed E-state index contributed by atoms with van der Waals surface area (Å²) in [6.45, 7) is 8.51. The second-order valence-electron chi connectivity index (χ2n) is 7.98. The van der Waals surface area contributed by atoms with Gasteiger partial charge in [-0.3, -0.25) is 9.69 Å². The van der Waals surface area contributed by atoms with E-state index in [0.29, 0.717) is 6.54 Å². The molecule has 1 N–H and O–H groups in total. The Bertz CT molecular complexity index is 759. The second-order valence-corrected chi connectivity index (χ2v) is 9.08. The molecule has 1 fully saturated rings. The number of thioether (sulfide) groups is 1. The highest BCUT2D eigenvalue weighted by molar-refractivity contribution is 7.98. The Morgan fingerprint density at radius 3 is 2.75 bits per heavy atom. The number of benzene rings is 2. The molecule has 2 aromatic rings. The molecule has 2 aromatic carbocycles. The Kier molecular flexibility index (Phi) is 7.99. The zero-order valence-electron chi connectivity index (χ0n) is 17.1. The molecule has 0 unspecified atom stereocenters. The summed E-state index contributed by atoms with van der Waals surface area (Å²) in [4.78, 5) is 14.9. The number of nitrogens with one attached hydrogen (secondary N) is 1. The number of amides is 1. The van der Waals surface area contributed by atoms with Crippen LogP contribution in [0, 0.1) is 12.8 Å². The lowest BCUT2D eigenvalue weighted by Gasteiger charge is -2.30. The van der Waals surface area contributed by atoms with Crippen molar-refractivity contribution in [1.82, 2.24) is 10.2 Å². The lowest BCUT2D eigenvalue weighted by Crippen LogP contribution is -2.33. The van der Waals surface area contributed by atoms with E-state index < -0.39 is 0 Å². The summed E-state index contributed by atoms with van der Waals surface area (Å²) in [5.74, 6) is 2.73. The highest BCUT2D eigenvalue weighted by Crippen LogP contribution is 2.18. The quantitative estimate of drug-likeness (QED) is 0.645. The van der Waals surface area contributed by atoms with Crippen molar-refractivity contribution in [2.24, 2.45) is 5.92 Å². The van der Waals surface area contributed by atoms with Gasteiger partial charge >= 0.3 is 0 Å². The molecule has 1 amide bonds. The first-order valence-electron chi connectivity index (χ1n) is 10.3. The van der Waals surface area contributed by atoms with Crippen LogP contribution < -0.4 is 5.32 Å². The number of carbonyl (C=O) groups is 1. The van der Waals surface area contributed by atoms with Gasteiger partial charge in [0.15, 0.2) is 0 Å². The average molecular weight is 397 g/mol. The van der Waals surface area contributed by atoms with E-state index in [4.69, 9.17) is 0 Å². The Morgan fingerprint density at radius 2 is 2.00 bits per heavy atom. The van der Waals surface area contributed by atoms with Gasteiger partial charge in [0.1, 0.15) is 0 Å². The smallest absolute Gasteiger partial charge is 0.251 e. The number of hydrogen-bond acceptors (Lipinski definition) is 3. The number of likely N-dealkylation sites (tertiary alicyclic amines) is 1.